The molecule has 2 N–H and O–H groups in total. The smallest absolute Gasteiger partial charge is 0.271 e. The molecule has 0 saturated heterocycles. The van der Waals surface area contributed by atoms with Crippen LogP contribution < -0.4 is 10.9 Å². The molecular formula is C18H14N2O4. The number of amides is 1. The zero-order valence-electron chi connectivity index (χ0n) is 12.8. The van der Waals surface area contributed by atoms with Crippen molar-refractivity contribution < 1.29 is 14.3 Å². The second kappa shape index (κ2) is 6.37. The fourth-order valence-electron chi connectivity index (χ4n) is 2.19. The number of hydrogen-bond donors (Lipinski definition) is 2. The standard InChI is InChI=1S/C18H14N2O4/c1-11-2-7-16-15(8-11)17(22)13(10-24-16)9-19-20-18(23)12-3-5-14(21)6-4-12/h2-10,21H,1H3,(H,20,23)/b19-9+. The Labute approximate surface area is 137 Å². The second-order valence-corrected chi connectivity index (χ2v) is 5.27. The summed E-state index contributed by atoms with van der Waals surface area (Å²) >= 11 is 0. The number of rotatable bonds is 3. The largest absolute Gasteiger partial charge is 0.508 e. The molecular weight excluding hydrogens is 308 g/mol. The van der Waals surface area contributed by atoms with Crippen LogP contribution >= 0.6 is 0 Å². The van der Waals surface area contributed by atoms with Crippen molar-refractivity contribution in [1.82, 2.24) is 5.43 Å². The van der Waals surface area contributed by atoms with E-state index in [-0.39, 0.29) is 16.7 Å². The molecule has 0 fully saturated rings. The van der Waals surface area contributed by atoms with E-state index < -0.39 is 5.91 Å². The normalized spacial score (nSPS) is 11.0. The third-order valence-corrected chi connectivity index (χ3v) is 3.45. The van der Waals surface area contributed by atoms with E-state index in [1.54, 1.807) is 12.1 Å². The number of hydrazone groups is 1. The summed E-state index contributed by atoms with van der Waals surface area (Å²) in [5.41, 5.74) is 4.12. The van der Waals surface area contributed by atoms with E-state index in [9.17, 15) is 14.7 Å². The van der Waals surface area contributed by atoms with E-state index >= 15 is 0 Å². The summed E-state index contributed by atoms with van der Waals surface area (Å²) in [5.74, 6) is -0.383. The summed E-state index contributed by atoms with van der Waals surface area (Å²) in [6.07, 6.45) is 2.54. The highest BCUT2D eigenvalue weighted by molar-refractivity contribution is 5.95. The molecule has 0 radical (unpaired) electrons. The molecule has 3 rings (SSSR count). The van der Waals surface area contributed by atoms with Gasteiger partial charge in [0.05, 0.1) is 17.2 Å². The summed E-state index contributed by atoms with van der Waals surface area (Å²) in [6.45, 7) is 1.89. The number of benzene rings is 2. The number of nitrogens with zero attached hydrogens (tertiary/aromatic N) is 1. The van der Waals surface area contributed by atoms with E-state index in [2.05, 4.69) is 10.5 Å². The number of phenols is 1. The van der Waals surface area contributed by atoms with Crippen LogP contribution in [-0.2, 0) is 0 Å². The molecule has 2 aromatic carbocycles. The number of nitrogens with one attached hydrogen (secondary N) is 1. The van der Waals surface area contributed by atoms with Gasteiger partial charge in [-0.25, -0.2) is 5.43 Å². The molecule has 24 heavy (non-hydrogen) atoms. The highest BCUT2D eigenvalue weighted by atomic mass is 16.3. The van der Waals surface area contributed by atoms with E-state index in [4.69, 9.17) is 4.42 Å². The molecule has 3 aromatic rings. The van der Waals surface area contributed by atoms with Crippen LogP contribution in [0.3, 0.4) is 0 Å². The van der Waals surface area contributed by atoms with Gasteiger partial charge in [-0.15, -0.1) is 0 Å². The first-order chi connectivity index (χ1) is 11.5. The molecule has 1 amide bonds. The lowest BCUT2D eigenvalue weighted by molar-refractivity contribution is 0.0955. The Morgan fingerprint density at radius 3 is 2.71 bits per heavy atom. The number of carbonyl (C=O) groups is 1. The van der Waals surface area contributed by atoms with Crippen LogP contribution in [0.15, 0.2) is 63.0 Å². The summed E-state index contributed by atoms with van der Waals surface area (Å²) in [4.78, 5) is 24.3. The number of fused-ring (bicyclic) bond motifs is 1. The molecule has 0 bridgehead atoms. The SMILES string of the molecule is Cc1ccc2occ(/C=N/NC(=O)c3ccc(O)cc3)c(=O)c2c1. The molecule has 0 aliphatic heterocycles. The maximum Gasteiger partial charge on any atom is 0.271 e. The van der Waals surface area contributed by atoms with E-state index in [1.807, 2.05) is 13.0 Å². The molecule has 0 aliphatic carbocycles. The van der Waals surface area contributed by atoms with Crippen LogP contribution in [0, 0.1) is 6.92 Å². The second-order valence-electron chi connectivity index (χ2n) is 5.27. The molecule has 1 heterocycles. The fraction of sp³-hybridized carbons (Fsp3) is 0.0556. The minimum atomic E-state index is -0.452. The third-order valence-electron chi connectivity index (χ3n) is 3.45. The quantitative estimate of drug-likeness (QED) is 0.572. The number of phenolic OH excluding ortho intramolecular Hbond substituents is 1. The van der Waals surface area contributed by atoms with Gasteiger partial charge in [-0.2, -0.15) is 5.10 Å². The molecule has 6 heteroatoms. The zero-order valence-corrected chi connectivity index (χ0v) is 12.8. The summed E-state index contributed by atoms with van der Waals surface area (Å²) in [7, 11) is 0. The lowest BCUT2D eigenvalue weighted by atomic mass is 10.1. The van der Waals surface area contributed by atoms with Crippen molar-refractivity contribution in [2.75, 3.05) is 0 Å². The molecule has 0 aliphatic rings. The van der Waals surface area contributed by atoms with E-state index in [1.165, 1.54) is 36.7 Å². The van der Waals surface area contributed by atoms with Gasteiger partial charge in [0.1, 0.15) is 17.6 Å². The van der Waals surface area contributed by atoms with Gasteiger partial charge < -0.3 is 9.52 Å². The average molecular weight is 322 g/mol. The Balaban J connectivity index is 1.80. The Morgan fingerprint density at radius 2 is 1.96 bits per heavy atom. The Kier molecular flexibility index (Phi) is 4.11. The van der Waals surface area contributed by atoms with Crippen molar-refractivity contribution in [3.05, 3.63) is 75.6 Å². The highest BCUT2D eigenvalue weighted by Gasteiger charge is 2.06. The first-order valence-corrected chi connectivity index (χ1v) is 7.19. The Morgan fingerprint density at radius 1 is 1.21 bits per heavy atom. The van der Waals surface area contributed by atoms with Gasteiger partial charge >= 0.3 is 0 Å². The van der Waals surface area contributed by atoms with Crippen LogP contribution in [0.1, 0.15) is 21.5 Å². The summed E-state index contributed by atoms with van der Waals surface area (Å²) in [5, 5.41) is 13.4. The topological polar surface area (TPSA) is 91.9 Å². The maximum absolute atomic E-state index is 12.4. The van der Waals surface area contributed by atoms with Crippen molar-refractivity contribution in [1.29, 1.82) is 0 Å². The molecule has 1 aromatic heterocycles. The van der Waals surface area contributed by atoms with Gasteiger partial charge in [-0.05, 0) is 43.3 Å². The molecule has 0 unspecified atom stereocenters. The predicted molar refractivity (Wildman–Crippen MR) is 90.4 cm³/mol. The van der Waals surface area contributed by atoms with Crippen molar-refractivity contribution >= 4 is 23.1 Å². The average Bonchev–Trinajstić information content (AvgIpc) is 2.58. The number of aryl methyl sites for hydroxylation is 1. The maximum atomic E-state index is 12.4. The van der Waals surface area contributed by atoms with Crippen LogP contribution in [0.5, 0.6) is 5.75 Å². The van der Waals surface area contributed by atoms with Gasteiger partial charge in [0.25, 0.3) is 5.91 Å². The lowest BCUT2D eigenvalue weighted by Gasteiger charge is -2.01. The number of carbonyl (C=O) groups excluding carboxylic acids is 1. The van der Waals surface area contributed by atoms with Gasteiger partial charge in [0.2, 0.25) is 5.43 Å². The molecule has 120 valence electrons. The van der Waals surface area contributed by atoms with Crippen molar-refractivity contribution in [3.8, 4) is 5.75 Å². The fourth-order valence-corrected chi connectivity index (χ4v) is 2.19. The minimum Gasteiger partial charge on any atom is -0.508 e. The van der Waals surface area contributed by atoms with Crippen LogP contribution in [0.4, 0.5) is 0 Å². The van der Waals surface area contributed by atoms with Crippen LogP contribution in [0.25, 0.3) is 11.0 Å². The first-order valence-electron chi connectivity index (χ1n) is 7.19. The molecule has 0 spiro atoms. The highest BCUT2D eigenvalue weighted by Crippen LogP contribution is 2.12. The third kappa shape index (κ3) is 3.17. The number of hydrogen-bond acceptors (Lipinski definition) is 5. The lowest BCUT2D eigenvalue weighted by Crippen LogP contribution is -2.18. The van der Waals surface area contributed by atoms with Crippen LogP contribution in [-0.4, -0.2) is 17.2 Å². The minimum absolute atomic E-state index is 0.0686. The van der Waals surface area contributed by atoms with Crippen molar-refractivity contribution in [2.24, 2.45) is 5.10 Å². The zero-order chi connectivity index (χ0) is 17.1. The summed E-state index contributed by atoms with van der Waals surface area (Å²) < 4.78 is 5.40. The molecule has 0 atom stereocenters. The van der Waals surface area contributed by atoms with Gasteiger partial charge in [0.15, 0.2) is 0 Å². The van der Waals surface area contributed by atoms with E-state index in [0.29, 0.717) is 16.5 Å². The Hall–Kier alpha value is -3.41. The predicted octanol–water partition coefficient (Wildman–Crippen LogP) is 2.57. The van der Waals surface area contributed by atoms with Crippen molar-refractivity contribution in [2.45, 2.75) is 6.92 Å². The summed E-state index contributed by atoms with van der Waals surface area (Å²) in [6, 6.07) is 11.1. The van der Waals surface area contributed by atoms with Crippen LogP contribution in [0.2, 0.25) is 0 Å². The van der Waals surface area contributed by atoms with Gasteiger partial charge in [0, 0.05) is 5.56 Å². The van der Waals surface area contributed by atoms with Gasteiger partial charge in [-0.1, -0.05) is 11.6 Å². The number of aromatic hydroxyl groups is 1. The van der Waals surface area contributed by atoms with Crippen molar-refractivity contribution in [3.63, 3.8) is 0 Å². The van der Waals surface area contributed by atoms with Gasteiger partial charge in [-0.3, -0.25) is 9.59 Å². The Bertz CT molecular complexity index is 988. The monoisotopic (exact) mass is 322 g/mol. The first kappa shape index (κ1) is 15.5. The van der Waals surface area contributed by atoms with E-state index in [0.717, 1.165) is 5.56 Å². The molecule has 6 nitrogen and oxygen atoms in total. The molecule has 0 saturated carbocycles.